The van der Waals surface area contributed by atoms with E-state index >= 15 is 0 Å². The quantitative estimate of drug-likeness (QED) is 0.886. The summed E-state index contributed by atoms with van der Waals surface area (Å²) in [6.45, 7) is 5.38. The van der Waals surface area contributed by atoms with Crippen LogP contribution in [0.15, 0.2) is 60.7 Å². The van der Waals surface area contributed by atoms with Crippen LogP contribution < -0.4 is 10.2 Å². The third-order valence-electron chi connectivity index (χ3n) is 4.55. The van der Waals surface area contributed by atoms with Gasteiger partial charge in [-0.05, 0) is 31.0 Å². The van der Waals surface area contributed by atoms with Gasteiger partial charge in [0.1, 0.15) is 0 Å². The predicted molar refractivity (Wildman–Crippen MR) is 98.4 cm³/mol. The highest BCUT2D eigenvalue weighted by Crippen LogP contribution is 2.22. The van der Waals surface area contributed by atoms with Gasteiger partial charge in [-0.15, -0.1) is 0 Å². The van der Waals surface area contributed by atoms with E-state index in [2.05, 4.69) is 53.5 Å². The van der Waals surface area contributed by atoms with E-state index in [1.165, 1.54) is 11.3 Å². The number of likely N-dealkylation sites (N-methyl/N-ethyl adjacent to an activating group) is 1. The number of para-hydroxylation sites is 1. The second-order valence-corrected chi connectivity index (χ2v) is 6.15. The maximum atomic E-state index is 12.2. The van der Waals surface area contributed by atoms with Crippen molar-refractivity contribution in [2.45, 2.75) is 19.4 Å². The fraction of sp³-hybridized carbons (Fsp3) is 0.350. The van der Waals surface area contributed by atoms with Gasteiger partial charge in [0.25, 0.3) is 0 Å². The number of amides is 2. The standard InChI is InChI=1S/C20H25N3O/c1-2-23(18-11-7-4-8-12-18)19-15-22(16-19)20(24)21-14-13-17-9-5-3-6-10-17/h3-12,19H,2,13-16H2,1H3,(H,21,24). The zero-order chi connectivity index (χ0) is 16.8. The predicted octanol–water partition coefficient (Wildman–Crippen LogP) is 3.15. The molecule has 2 amide bonds. The van der Waals surface area contributed by atoms with Gasteiger partial charge in [-0.2, -0.15) is 0 Å². The summed E-state index contributed by atoms with van der Waals surface area (Å²) in [5, 5.41) is 3.02. The highest BCUT2D eigenvalue weighted by atomic mass is 16.2. The summed E-state index contributed by atoms with van der Waals surface area (Å²) in [6, 6.07) is 21.1. The molecule has 24 heavy (non-hydrogen) atoms. The maximum Gasteiger partial charge on any atom is 0.317 e. The van der Waals surface area contributed by atoms with Crippen LogP contribution in [0.3, 0.4) is 0 Å². The first-order valence-electron chi connectivity index (χ1n) is 8.66. The number of nitrogens with one attached hydrogen (secondary N) is 1. The minimum Gasteiger partial charge on any atom is -0.365 e. The van der Waals surface area contributed by atoms with Crippen LogP contribution in [0.1, 0.15) is 12.5 Å². The van der Waals surface area contributed by atoms with Gasteiger partial charge in [0.15, 0.2) is 0 Å². The molecule has 1 aliphatic rings. The molecule has 0 aliphatic carbocycles. The van der Waals surface area contributed by atoms with E-state index in [-0.39, 0.29) is 6.03 Å². The van der Waals surface area contributed by atoms with E-state index in [9.17, 15) is 4.79 Å². The minimum atomic E-state index is 0.0475. The van der Waals surface area contributed by atoms with Crippen molar-refractivity contribution in [3.8, 4) is 0 Å². The molecule has 1 N–H and O–H groups in total. The lowest BCUT2D eigenvalue weighted by molar-refractivity contribution is 0.149. The number of benzene rings is 2. The molecule has 1 fully saturated rings. The van der Waals surface area contributed by atoms with Crippen molar-refractivity contribution < 1.29 is 4.79 Å². The van der Waals surface area contributed by atoms with Crippen LogP contribution in [0.5, 0.6) is 0 Å². The average molecular weight is 323 g/mol. The molecule has 0 spiro atoms. The molecule has 0 radical (unpaired) electrons. The van der Waals surface area contributed by atoms with Gasteiger partial charge in [-0.3, -0.25) is 0 Å². The van der Waals surface area contributed by atoms with Gasteiger partial charge in [0.2, 0.25) is 0 Å². The molecule has 126 valence electrons. The first-order valence-corrected chi connectivity index (χ1v) is 8.66. The topological polar surface area (TPSA) is 35.6 Å². The summed E-state index contributed by atoms with van der Waals surface area (Å²) < 4.78 is 0. The number of carbonyl (C=O) groups is 1. The molecule has 4 heteroatoms. The molecular weight excluding hydrogens is 298 g/mol. The number of carbonyl (C=O) groups excluding carboxylic acids is 1. The Kier molecular flexibility index (Phi) is 5.36. The highest BCUT2D eigenvalue weighted by molar-refractivity contribution is 5.75. The lowest BCUT2D eigenvalue weighted by Gasteiger charge is -2.46. The summed E-state index contributed by atoms with van der Waals surface area (Å²) in [4.78, 5) is 16.5. The Morgan fingerprint density at radius 2 is 1.71 bits per heavy atom. The number of likely N-dealkylation sites (tertiary alicyclic amines) is 1. The van der Waals surface area contributed by atoms with Crippen LogP contribution in [0.25, 0.3) is 0 Å². The second-order valence-electron chi connectivity index (χ2n) is 6.15. The number of hydrogen-bond acceptors (Lipinski definition) is 2. The Labute approximate surface area is 144 Å². The van der Waals surface area contributed by atoms with E-state index in [0.29, 0.717) is 12.6 Å². The Morgan fingerprint density at radius 3 is 2.33 bits per heavy atom. The van der Waals surface area contributed by atoms with Gasteiger partial charge >= 0.3 is 6.03 Å². The molecule has 0 bridgehead atoms. The normalized spacial score (nSPS) is 14.1. The fourth-order valence-electron chi connectivity index (χ4n) is 3.16. The second kappa shape index (κ2) is 7.86. The van der Waals surface area contributed by atoms with E-state index < -0.39 is 0 Å². The summed E-state index contributed by atoms with van der Waals surface area (Å²) in [5.74, 6) is 0. The minimum absolute atomic E-state index is 0.0475. The molecule has 1 aliphatic heterocycles. The van der Waals surface area contributed by atoms with Crippen LogP contribution in [0, 0.1) is 0 Å². The lowest BCUT2D eigenvalue weighted by atomic mass is 10.1. The van der Waals surface area contributed by atoms with Gasteiger partial charge in [-0.25, -0.2) is 4.79 Å². The van der Waals surface area contributed by atoms with Crippen LogP contribution in [-0.4, -0.2) is 43.2 Å². The number of rotatable bonds is 6. The summed E-state index contributed by atoms with van der Waals surface area (Å²) >= 11 is 0. The van der Waals surface area contributed by atoms with Crippen molar-refractivity contribution in [3.05, 3.63) is 66.2 Å². The van der Waals surface area contributed by atoms with Crippen molar-refractivity contribution in [2.75, 3.05) is 31.1 Å². The molecule has 0 atom stereocenters. The highest BCUT2D eigenvalue weighted by Gasteiger charge is 2.34. The Balaban J connectivity index is 1.43. The summed E-state index contributed by atoms with van der Waals surface area (Å²) in [5.41, 5.74) is 2.48. The van der Waals surface area contributed by atoms with Crippen LogP contribution in [-0.2, 0) is 6.42 Å². The zero-order valence-corrected chi connectivity index (χ0v) is 14.2. The Bertz CT molecular complexity index is 638. The van der Waals surface area contributed by atoms with E-state index in [1.54, 1.807) is 0 Å². The molecule has 4 nitrogen and oxygen atoms in total. The number of urea groups is 1. The Hall–Kier alpha value is -2.49. The van der Waals surface area contributed by atoms with Crippen LogP contribution >= 0.6 is 0 Å². The van der Waals surface area contributed by atoms with Gasteiger partial charge in [0, 0.05) is 31.9 Å². The van der Waals surface area contributed by atoms with Crippen molar-refractivity contribution >= 4 is 11.7 Å². The monoisotopic (exact) mass is 323 g/mol. The first-order chi connectivity index (χ1) is 11.8. The maximum absolute atomic E-state index is 12.2. The lowest BCUT2D eigenvalue weighted by Crippen LogP contribution is -2.63. The van der Waals surface area contributed by atoms with Crippen LogP contribution in [0.2, 0.25) is 0 Å². The van der Waals surface area contributed by atoms with Crippen molar-refractivity contribution in [3.63, 3.8) is 0 Å². The van der Waals surface area contributed by atoms with Gasteiger partial charge in [0.05, 0.1) is 6.04 Å². The molecule has 0 aromatic heterocycles. The number of hydrogen-bond donors (Lipinski definition) is 1. The van der Waals surface area contributed by atoms with Crippen molar-refractivity contribution in [1.82, 2.24) is 10.2 Å². The SMILES string of the molecule is CCN(c1ccccc1)C1CN(C(=O)NCCc2ccccc2)C1. The summed E-state index contributed by atoms with van der Waals surface area (Å²) in [6.07, 6.45) is 0.870. The van der Waals surface area contributed by atoms with E-state index in [0.717, 1.165) is 26.1 Å². The van der Waals surface area contributed by atoms with Crippen LogP contribution in [0.4, 0.5) is 10.5 Å². The number of anilines is 1. The van der Waals surface area contributed by atoms with Crippen molar-refractivity contribution in [2.24, 2.45) is 0 Å². The molecule has 2 aromatic rings. The molecule has 1 saturated heterocycles. The van der Waals surface area contributed by atoms with E-state index in [4.69, 9.17) is 0 Å². The third kappa shape index (κ3) is 3.88. The van der Waals surface area contributed by atoms with E-state index in [1.807, 2.05) is 29.2 Å². The third-order valence-corrected chi connectivity index (χ3v) is 4.55. The number of nitrogens with zero attached hydrogens (tertiary/aromatic N) is 2. The average Bonchev–Trinajstić information content (AvgIpc) is 2.59. The van der Waals surface area contributed by atoms with Gasteiger partial charge in [-0.1, -0.05) is 48.5 Å². The Morgan fingerprint density at radius 1 is 1.08 bits per heavy atom. The largest absolute Gasteiger partial charge is 0.365 e. The first kappa shape index (κ1) is 16.4. The molecule has 3 rings (SSSR count). The molecule has 0 unspecified atom stereocenters. The molecule has 1 heterocycles. The van der Waals surface area contributed by atoms with Gasteiger partial charge < -0.3 is 15.1 Å². The zero-order valence-electron chi connectivity index (χ0n) is 14.2. The smallest absolute Gasteiger partial charge is 0.317 e. The van der Waals surface area contributed by atoms with Crippen molar-refractivity contribution in [1.29, 1.82) is 0 Å². The molecule has 2 aromatic carbocycles. The summed E-state index contributed by atoms with van der Waals surface area (Å²) in [7, 11) is 0. The fourth-order valence-corrected chi connectivity index (χ4v) is 3.16. The molecule has 0 saturated carbocycles. The molecular formula is C20H25N3O.